The summed E-state index contributed by atoms with van der Waals surface area (Å²) >= 11 is 0. The normalized spacial score (nSPS) is 12.0. The lowest BCUT2D eigenvalue weighted by atomic mass is 10.0. The Morgan fingerprint density at radius 1 is 1.10 bits per heavy atom. The van der Waals surface area contributed by atoms with Crippen LogP contribution in [-0.2, 0) is 6.54 Å². The van der Waals surface area contributed by atoms with Gasteiger partial charge in [-0.05, 0) is 30.2 Å². The number of benzene rings is 2. The van der Waals surface area contributed by atoms with Gasteiger partial charge in [0, 0.05) is 24.8 Å². The van der Waals surface area contributed by atoms with Gasteiger partial charge in [-0.1, -0.05) is 37.3 Å². The van der Waals surface area contributed by atoms with E-state index in [2.05, 4.69) is 23.1 Å². The molecule has 0 saturated heterocycles. The molecule has 0 saturated carbocycles. The van der Waals surface area contributed by atoms with Crippen molar-refractivity contribution >= 4 is 5.69 Å². The van der Waals surface area contributed by atoms with Gasteiger partial charge < -0.3 is 14.7 Å². The predicted octanol–water partition coefficient (Wildman–Crippen LogP) is 3.78. The van der Waals surface area contributed by atoms with Crippen molar-refractivity contribution in [3.05, 3.63) is 59.7 Å². The number of rotatable bonds is 6. The third kappa shape index (κ3) is 3.76. The fraction of sp³-hybridized carbons (Fsp3) is 0.333. The molecule has 2 aromatic rings. The monoisotopic (exact) mass is 285 g/mol. The van der Waals surface area contributed by atoms with Crippen LogP contribution in [-0.4, -0.2) is 19.3 Å². The first-order valence-corrected chi connectivity index (χ1v) is 7.26. The summed E-state index contributed by atoms with van der Waals surface area (Å²) in [6.07, 6.45) is 0.299. The number of aliphatic hydroxyl groups excluding tert-OH is 1. The van der Waals surface area contributed by atoms with Crippen molar-refractivity contribution in [1.82, 2.24) is 0 Å². The van der Waals surface area contributed by atoms with Crippen LogP contribution in [0.1, 0.15) is 30.6 Å². The molecular formula is C18H23NO2. The highest BCUT2D eigenvalue weighted by Gasteiger charge is 2.13. The molecule has 0 radical (unpaired) electrons. The highest BCUT2D eigenvalue weighted by molar-refractivity contribution is 5.54. The number of methoxy groups -OCH3 is 1. The van der Waals surface area contributed by atoms with Crippen LogP contribution in [0.15, 0.2) is 48.5 Å². The molecule has 0 spiro atoms. The molecule has 0 aliphatic rings. The average Bonchev–Trinajstić information content (AvgIpc) is 2.54. The Morgan fingerprint density at radius 3 is 2.38 bits per heavy atom. The first kappa shape index (κ1) is 15.4. The summed E-state index contributed by atoms with van der Waals surface area (Å²) in [5.41, 5.74) is 3.26. The summed E-state index contributed by atoms with van der Waals surface area (Å²) in [5.74, 6) is 0.864. The van der Waals surface area contributed by atoms with E-state index in [0.717, 1.165) is 23.5 Å². The number of ether oxygens (including phenoxy) is 1. The molecule has 3 heteroatoms. The second kappa shape index (κ2) is 7.14. The summed E-state index contributed by atoms with van der Waals surface area (Å²) in [6.45, 7) is 2.78. The quantitative estimate of drug-likeness (QED) is 0.877. The van der Waals surface area contributed by atoms with Crippen LogP contribution in [0.3, 0.4) is 0 Å². The van der Waals surface area contributed by atoms with Crippen molar-refractivity contribution in [2.45, 2.75) is 26.0 Å². The number of hydrogen-bond donors (Lipinski definition) is 1. The van der Waals surface area contributed by atoms with Gasteiger partial charge >= 0.3 is 0 Å². The van der Waals surface area contributed by atoms with Crippen LogP contribution in [0.4, 0.5) is 5.69 Å². The Kier molecular flexibility index (Phi) is 5.23. The van der Waals surface area contributed by atoms with Gasteiger partial charge in [0.1, 0.15) is 5.75 Å². The Bertz CT molecular complexity index is 566. The summed E-state index contributed by atoms with van der Waals surface area (Å²) in [6, 6.07) is 16.1. The van der Waals surface area contributed by atoms with E-state index in [4.69, 9.17) is 4.74 Å². The lowest BCUT2D eigenvalue weighted by Crippen LogP contribution is -2.18. The molecule has 1 atom stereocenters. The Morgan fingerprint density at radius 2 is 1.76 bits per heavy atom. The molecule has 0 aliphatic carbocycles. The van der Waals surface area contributed by atoms with Gasteiger partial charge in [-0.25, -0.2) is 0 Å². The lowest BCUT2D eigenvalue weighted by Gasteiger charge is -2.24. The van der Waals surface area contributed by atoms with Crippen molar-refractivity contribution in [3.8, 4) is 5.75 Å². The SMILES string of the molecule is CC[C@H](O)c1ccccc1N(C)Cc1ccc(OC)cc1. The second-order valence-electron chi connectivity index (χ2n) is 5.19. The zero-order valence-electron chi connectivity index (χ0n) is 12.9. The van der Waals surface area contributed by atoms with E-state index in [1.165, 1.54) is 5.56 Å². The van der Waals surface area contributed by atoms with Crippen molar-refractivity contribution < 1.29 is 9.84 Å². The maximum atomic E-state index is 10.2. The predicted molar refractivity (Wildman–Crippen MR) is 86.8 cm³/mol. The standard InChI is InChI=1S/C18H23NO2/c1-4-18(20)16-7-5-6-8-17(16)19(2)13-14-9-11-15(21-3)12-10-14/h5-12,18,20H,4,13H2,1-3H3/t18-/m0/s1. The van der Waals surface area contributed by atoms with Gasteiger partial charge in [0.25, 0.3) is 0 Å². The molecule has 2 rings (SSSR count). The zero-order valence-corrected chi connectivity index (χ0v) is 12.9. The number of para-hydroxylation sites is 1. The molecule has 1 N–H and O–H groups in total. The molecule has 21 heavy (non-hydrogen) atoms. The lowest BCUT2D eigenvalue weighted by molar-refractivity contribution is 0.174. The van der Waals surface area contributed by atoms with E-state index in [-0.39, 0.29) is 0 Å². The average molecular weight is 285 g/mol. The van der Waals surface area contributed by atoms with Crippen molar-refractivity contribution in [1.29, 1.82) is 0 Å². The van der Waals surface area contributed by atoms with E-state index in [1.54, 1.807) is 7.11 Å². The van der Waals surface area contributed by atoms with Gasteiger partial charge in [0.2, 0.25) is 0 Å². The minimum Gasteiger partial charge on any atom is -0.497 e. The fourth-order valence-corrected chi connectivity index (χ4v) is 2.43. The van der Waals surface area contributed by atoms with Crippen molar-refractivity contribution in [3.63, 3.8) is 0 Å². The Hall–Kier alpha value is -2.00. The molecule has 0 bridgehead atoms. The first-order valence-electron chi connectivity index (χ1n) is 7.26. The van der Waals surface area contributed by atoms with E-state index >= 15 is 0 Å². The van der Waals surface area contributed by atoms with E-state index < -0.39 is 6.10 Å². The molecule has 0 aliphatic heterocycles. The van der Waals surface area contributed by atoms with Crippen LogP contribution in [0.25, 0.3) is 0 Å². The smallest absolute Gasteiger partial charge is 0.118 e. The van der Waals surface area contributed by atoms with Crippen molar-refractivity contribution in [2.24, 2.45) is 0 Å². The summed E-state index contributed by atoms with van der Waals surface area (Å²) in [5, 5.41) is 10.2. The van der Waals surface area contributed by atoms with Crippen LogP contribution in [0.2, 0.25) is 0 Å². The molecule has 2 aromatic carbocycles. The number of anilines is 1. The Balaban J connectivity index is 2.17. The molecule has 0 aromatic heterocycles. The molecule has 0 amide bonds. The third-order valence-electron chi connectivity index (χ3n) is 3.67. The highest BCUT2D eigenvalue weighted by Crippen LogP contribution is 2.28. The third-order valence-corrected chi connectivity index (χ3v) is 3.67. The van der Waals surface area contributed by atoms with E-state index in [9.17, 15) is 5.11 Å². The maximum Gasteiger partial charge on any atom is 0.118 e. The van der Waals surface area contributed by atoms with Crippen LogP contribution in [0.5, 0.6) is 5.75 Å². The maximum absolute atomic E-state index is 10.2. The summed E-state index contributed by atoms with van der Waals surface area (Å²) < 4.78 is 5.18. The van der Waals surface area contributed by atoms with Crippen LogP contribution >= 0.6 is 0 Å². The number of hydrogen-bond acceptors (Lipinski definition) is 3. The van der Waals surface area contributed by atoms with Gasteiger partial charge in [-0.2, -0.15) is 0 Å². The zero-order chi connectivity index (χ0) is 15.2. The van der Waals surface area contributed by atoms with Gasteiger partial charge in [-0.15, -0.1) is 0 Å². The summed E-state index contributed by atoms with van der Waals surface area (Å²) in [4.78, 5) is 2.16. The first-order chi connectivity index (χ1) is 10.2. The van der Waals surface area contributed by atoms with Gasteiger partial charge in [0.05, 0.1) is 13.2 Å². The fourth-order valence-electron chi connectivity index (χ4n) is 2.43. The van der Waals surface area contributed by atoms with Crippen LogP contribution < -0.4 is 9.64 Å². The molecular weight excluding hydrogens is 262 g/mol. The van der Waals surface area contributed by atoms with Gasteiger partial charge in [-0.3, -0.25) is 0 Å². The summed E-state index contributed by atoms with van der Waals surface area (Å²) in [7, 11) is 3.72. The van der Waals surface area contributed by atoms with Gasteiger partial charge in [0.15, 0.2) is 0 Å². The molecule has 3 nitrogen and oxygen atoms in total. The molecule has 0 unspecified atom stereocenters. The topological polar surface area (TPSA) is 32.7 Å². The molecule has 0 fully saturated rings. The highest BCUT2D eigenvalue weighted by atomic mass is 16.5. The molecule has 112 valence electrons. The molecule has 0 heterocycles. The Labute approximate surface area is 126 Å². The number of aliphatic hydroxyl groups is 1. The van der Waals surface area contributed by atoms with Crippen molar-refractivity contribution in [2.75, 3.05) is 19.1 Å². The largest absolute Gasteiger partial charge is 0.497 e. The minimum atomic E-state index is -0.417. The van der Waals surface area contributed by atoms with E-state index in [0.29, 0.717) is 6.42 Å². The number of nitrogens with zero attached hydrogens (tertiary/aromatic N) is 1. The second-order valence-corrected chi connectivity index (χ2v) is 5.19. The van der Waals surface area contributed by atoms with E-state index in [1.807, 2.05) is 44.3 Å². The minimum absolute atomic E-state index is 0.417. The van der Waals surface area contributed by atoms with Crippen LogP contribution in [0, 0.1) is 0 Å².